The fourth-order valence-corrected chi connectivity index (χ4v) is 3.08. The standard InChI is InChI=1S/C16H20O3/c1-16(13-8-4-3-5-9-13)10-6-7-12(11-16)14(17)15(18)19-2/h3-5,8-9,12H,6-7,10-11H2,1-2H3/t12-,16+/m1/s1. The highest BCUT2D eigenvalue weighted by Crippen LogP contribution is 2.41. The molecule has 0 amide bonds. The van der Waals surface area contributed by atoms with Gasteiger partial charge < -0.3 is 4.74 Å². The molecule has 1 aliphatic carbocycles. The second kappa shape index (κ2) is 5.55. The van der Waals surface area contributed by atoms with Crippen molar-refractivity contribution in [1.82, 2.24) is 0 Å². The van der Waals surface area contributed by atoms with E-state index in [0.717, 1.165) is 25.7 Å². The van der Waals surface area contributed by atoms with Crippen LogP contribution in [0, 0.1) is 5.92 Å². The number of rotatable bonds is 3. The largest absolute Gasteiger partial charge is 0.463 e. The first kappa shape index (κ1) is 13.8. The van der Waals surface area contributed by atoms with Crippen molar-refractivity contribution in [2.24, 2.45) is 5.92 Å². The van der Waals surface area contributed by atoms with Crippen LogP contribution in [0.15, 0.2) is 30.3 Å². The van der Waals surface area contributed by atoms with Crippen LogP contribution in [-0.2, 0) is 19.7 Å². The zero-order valence-corrected chi connectivity index (χ0v) is 11.5. The summed E-state index contributed by atoms with van der Waals surface area (Å²) >= 11 is 0. The van der Waals surface area contributed by atoms with E-state index in [1.165, 1.54) is 12.7 Å². The molecule has 1 aromatic rings. The topological polar surface area (TPSA) is 43.4 Å². The van der Waals surface area contributed by atoms with Gasteiger partial charge in [-0.2, -0.15) is 0 Å². The second-order valence-electron chi connectivity index (χ2n) is 5.58. The van der Waals surface area contributed by atoms with Crippen LogP contribution in [0.4, 0.5) is 0 Å². The first-order valence-electron chi connectivity index (χ1n) is 6.74. The van der Waals surface area contributed by atoms with Crippen LogP contribution in [0.5, 0.6) is 0 Å². The first-order chi connectivity index (χ1) is 9.07. The molecule has 0 radical (unpaired) electrons. The minimum Gasteiger partial charge on any atom is -0.463 e. The lowest BCUT2D eigenvalue weighted by Crippen LogP contribution is -2.36. The Hall–Kier alpha value is -1.64. The zero-order chi connectivity index (χ0) is 13.9. The predicted octanol–water partition coefficient (Wildman–Crippen LogP) is 2.88. The van der Waals surface area contributed by atoms with Crippen molar-refractivity contribution in [2.75, 3.05) is 7.11 Å². The molecular formula is C16H20O3. The molecule has 102 valence electrons. The summed E-state index contributed by atoms with van der Waals surface area (Å²) in [5.74, 6) is -1.28. The number of Topliss-reactive ketones (excluding diaryl/α,β-unsaturated/α-hetero) is 1. The van der Waals surface area contributed by atoms with Crippen molar-refractivity contribution in [1.29, 1.82) is 0 Å². The second-order valence-corrected chi connectivity index (χ2v) is 5.58. The van der Waals surface area contributed by atoms with Crippen molar-refractivity contribution in [3.05, 3.63) is 35.9 Å². The van der Waals surface area contributed by atoms with Gasteiger partial charge >= 0.3 is 5.97 Å². The summed E-state index contributed by atoms with van der Waals surface area (Å²) in [6.45, 7) is 2.18. The molecule has 0 heterocycles. The fraction of sp³-hybridized carbons (Fsp3) is 0.500. The summed E-state index contributed by atoms with van der Waals surface area (Å²) in [6, 6.07) is 10.2. The monoisotopic (exact) mass is 260 g/mol. The molecule has 0 saturated heterocycles. The fourth-order valence-electron chi connectivity index (χ4n) is 3.08. The molecule has 1 saturated carbocycles. The number of ketones is 1. The van der Waals surface area contributed by atoms with Crippen LogP contribution < -0.4 is 0 Å². The lowest BCUT2D eigenvalue weighted by Gasteiger charge is -2.37. The van der Waals surface area contributed by atoms with E-state index in [1.807, 2.05) is 18.2 Å². The lowest BCUT2D eigenvalue weighted by molar-refractivity contribution is -0.154. The van der Waals surface area contributed by atoms with Crippen LogP contribution in [0.25, 0.3) is 0 Å². The molecule has 0 aliphatic heterocycles. The third kappa shape index (κ3) is 2.86. The van der Waals surface area contributed by atoms with E-state index in [2.05, 4.69) is 23.8 Å². The van der Waals surface area contributed by atoms with E-state index in [0.29, 0.717) is 0 Å². The van der Waals surface area contributed by atoms with Gasteiger partial charge in [0.15, 0.2) is 0 Å². The molecule has 0 spiro atoms. The normalized spacial score (nSPS) is 26.7. The highest BCUT2D eigenvalue weighted by Gasteiger charge is 2.38. The lowest BCUT2D eigenvalue weighted by atomic mass is 9.66. The van der Waals surface area contributed by atoms with Crippen LogP contribution in [0.1, 0.15) is 38.2 Å². The number of carbonyl (C=O) groups excluding carboxylic acids is 2. The van der Waals surface area contributed by atoms with Gasteiger partial charge in [0.05, 0.1) is 7.11 Å². The average Bonchev–Trinajstić information content (AvgIpc) is 2.46. The summed E-state index contributed by atoms with van der Waals surface area (Å²) in [4.78, 5) is 23.4. The van der Waals surface area contributed by atoms with Gasteiger partial charge in [-0.05, 0) is 30.2 Å². The Morgan fingerprint density at radius 3 is 2.58 bits per heavy atom. The number of esters is 1. The number of hydrogen-bond acceptors (Lipinski definition) is 3. The third-order valence-electron chi connectivity index (χ3n) is 4.21. The quantitative estimate of drug-likeness (QED) is 0.620. The molecule has 1 aromatic carbocycles. The minimum atomic E-state index is -0.706. The SMILES string of the molecule is COC(=O)C(=O)[C@@H]1CCC[C@](C)(c2ccccc2)C1. The molecule has 0 aromatic heterocycles. The van der Waals surface area contributed by atoms with E-state index in [-0.39, 0.29) is 17.1 Å². The molecule has 0 unspecified atom stereocenters. The number of carbonyl (C=O) groups is 2. The minimum absolute atomic E-state index is 0.0200. The van der Waals surface area contributed by atoms with E-state index in [4.69, 9.17) is 0 Å². The highest BCUT2D eigenvalue weighted by molar-refractivity contribution is 6.34. The maximum atomic E-state index is 12.0. The van der Waals surface area contributed by atoms with Crippen molar-refractivity contribution >= 4 is 11.8 Å². The highest BCUT2D eigenvalue weighted by atomic mass is 16.5. The number of methoxy groups -OCH3 is 1. The van der Waals surface area contributed by atoms with Crippen LogP contribution >= 0.6 is 0 Å². The Bertz CT molecular complexity index is 466. The first-order valence-corrected chi connectivity index (χ1v) is 6.74. The van der Waals surface area contributed by atoms with Gasteiger partial charge in [0.2, 0.25) is 5.78 Å². The van der Waals surface area contributed by atoms with Gasteiger partial charge in [0.1, 0.15) is 0 Å². The molecule has 3 heteroatoms. The van der Waals surface area contributed by atoms with Crippen molar-refractivity contribution in [3.63, 3.8) is 0 Å². The van der Waals surface area contributed by atoms with E-state index in [1.54, 1.807) is 0 Å². The van der Waals surface area contributed by atoms with Crippen molar-refractivity contribution in [2.45, 2.75) is 38.0 Å². The number of ether oxygens (including phenoxy) is 1. The summed E-state index contributed by atoms with van der Waals surface area (Å²) in [5, 5.41) is 0. The van der Waals surface area contributed by atoms with Gasteiger partial charge in [-0.3, -0.25) is 4.79 Å². The Labute approximate surface area is 114 Å². The summed E-state index contributed by atoms with van der Waals surface area (Å²) < 4.78 is 4.55. The van der Waals surface area contributed by atoms with Gasteiger partial charge in [-0.1, -0.05) is 43.7 Å². The molecule has 2 atom stereocenters. The molecule has 0 bridgehead atoms. The van der Waals surface area contributed by atoms with Crippen LogP contribution in [0.2, 0.25) is 0 Å². The van der Waals surface area contributed by atoms with Crippen LogP contribution in [-0.4, -0.2) is 18.9 Å². The van der Waals surface area contributed by atoms with Crippen LogP contribution in [0.3, 0.4) is 0 Å². The van der Waals surface area contributed by atoms with E-state index < -0.39 is 5.97 Å². The molecule has 1 fully saturated rings. The average molecular weight is 260 g/mol. The predicted molar refractivity (Wildman–Crippen MR) is 72.8 cm³/mol. The zero-order valence-electron chi connectivity index (χ0n) is 11.5. The maximum absolute atomic E-state index is 12.0. The Morgan fingerprint density at radius 1 is 1.26 bits per heavy atom. The third-order valence-corrected chi connectivity index (χ3v) is 4.21. The van der Waals surface area contributed by atoms with Gasteiger partial charge in [0.25, 0.3) is 0 Å². The van der Waals surface area contributed by atoms with Crippen molar-refractivity contribution < 1.29 is 14.3 Å². The molecule has 1 aliphatic rings. The number of hydrogen-bond donors (Lipinski definition) is 0. The van der Waals surface area contributed by atoms with E-state index in [9.17, 15) is 9.59 Å². The molecular weight excluding hydrogens is 240 g/mol. The maximum Gasteiger partial charge on any atom is 0.374 e. The van der Waals surface area contributed by atoms with Crippen molar-refractivity contribution in [3.8, 4) is 0 Å². The van der Waals surface area contributed by atoms with E-state index >= 15 is 0 Å². The Balaban J connectivity index is 2.17. The van der Waals surface area contributed by atoms with Gasteiger partial charge in [-0.15, -0.1) is 0 Å². The molecule has 2 rings (SSSR count). The number of benzene rings is 1. The summed E-state index contributed by atoms with van der Waals surface area (Å²) in [6.07, 6.45) is 3.54. The summed E-state index contributed by atoms with van der Waals surface area (Å²) in [5.41, 5.74) is 1.23. The smallest absolute Gasteiger partial charge is 0.374 e. The Kier molecular flexibility index (Phi) is 4.03. The molecule has 3 nitrogen and oxygen atoms in total. The van der Waals surface area contributed by atoms with Gasteiger partial charge in [-0.25, -0.2) is 4.79 Å². The molecule has 19 heavy (non-hydrogen) atoms. The molecule has 0 N–H and O–H groups in total. The Morgan fingerprint density at radius 2 is 1.95 bits per heavy atom. The van der Waals surface area contributed by atoms with Gasteiger partial charge in [0, 0.05) is 5.92 Å². The summed E-state index contributed by atoms with van der Waals surface area (Å²) in [7, 11) is 1.26.